The highest BCUT2D eigenvalue weighted by Crippen LogP contribution is 2.20. The van der Waals surface area contributed by atoms with Gasteiger partial charge in [0, 0.05) is 18.5 Å². The van der Waals surface area contributed by atoms with E-state index in [0.717, 1.165) is 5.75 Å². The standard InChI is InChI=1S/C11H12N6O3S/c1-2-20-10-14-9(15-16-10)13-7(18)6-5-12-11-17(8(6)19)3-4-21-11/h5H,2-4H2,1H3,(H2,13,14,15,16,18). The van der Waals surface area contributed by atoms with Gasteiger partial charge < -0.3 is 4.74 Å². The predicted octanol–water partition coefficient (Wildman–Crippen LogP) is 0.118. The van der Waals surface area contributed by atoms with Gasteiger partial charge in [0.1, 0.15) is 5.56 Å². The third-order valence-corrected chi connectivity index (χ3v) is 3.74. The summed E-state index contributed by atoms with van der Waals surface area (Å²) < 4.78 is 6.56. The van der Waals surface area contributed by atoms with E-state index in [4.69, 9.17) is 4.74 Å². The van der Waals surface area contributed by atoms with Crippen LogP contribution in [0.3, 0.4) is 0 Å². The molecule has 9 nitrogen and oxygen atoms in total. The van der Waals surface area contributed by atoms with Gasteiger partial charge >= 0.3 is 6.01 Å². The van der Waals surface area contributed by atoms with Gasteiger partial charge in [-0.05, 0) is 6.92 Å². The summed E-state index contributed by atoms with van der Waals surface area (Å²) in [6.45, 7) is 2.77. The Morgan fingerprint density at radius 2 is 2.48 bits per heavy atom. The number of aromatic nitrogens is 5. The van der Waals surface area contributed by atoms with Crippen LogP contribution < -0.4 is 15.6 Å². The molecule has 0 aliphatic carbocycles. The lowest BCUT2D eigenvalue weighted by Crippen LogP contribution is -2.29. The molecule has 3 heterocycles. The van der Waals surface area contributed by atoms with Gasteiger partial charge in [-0.1, -0.05) is 11.8 Å². The molecule has 21 heavy (non-hydrogen) atoms. The molecule has 1 aliphatic heterocycles. The maximum atomic E-state index is 12.2. The quantitative estimate of drug-likeness (QED) is 0.771. The Kier molecular flexibility index (Phi) is 3.60. The van der Waals surface area contributed by atoms with Crippen LogP contribution in [0.2, 0.25) is 0 Å². The van der Waals surface area contributed by atoms with Crippen molar-refractivity contribution in [2.45, 2.75) is 18.6 Å². The summed E-state index contributed by atoms with van der Waals surface area (Å²) in [7, 11) is 0. The van der Waals surface area contributed by atoms with E-state index in [0.29, 0.717) is 18.3 Å². The number of anilines is 1. The normalized spacial score (nSPS) is 13.0. The number of fused-ring (bicyclic) bond motifs is 1. The van der Waals surface area contributed by atoms with Crippen molar-refractivity contribution < 1.29 is 9.53 Å². The van der Waals surface area contributed by atoms with Crippen molar-refractivity contribution in [1.29, 1.82) is 0 Å². The van der Waals surface area contributed by atoms with Gasteiger partial charge in [-0.3, -0.25) is 19.5 Å². The lowest BCUT2D eigenvalue weighted by molar-refractivity contribution is 0.102. The highest BCUT2D eigenvalue weighted by Gasteiger charge is 2.20. The molecule has 3 rings (SSSR count). The molecule has 0 spiro atoms. The van der Waals surface area contributed by atoms with E-state index in [1.54, 1.807) is 6.92 Å². The lowest BCUT2D eigenvalue weighted by atomic mass is 10.3. The fourth-order valence-electron chi connectivity index (χ4n) is 1.84. The second kappa shape index (κ2) is 5.56. The second-order valence-electron chi connectivity index (χ2n) is 4.11. The number of H-pyrrole nitrogens is 1. The lowest BCUT2D eigenvalue weighted by Gasteiger charge is -2.04. The van der Waals surface area contributed by atoms with Crippen molar-refractivity contribution in [3.8, 4) is 6.01 Å². The molecular formula is C11H12N6O3S. The van der Waals surface area contributed by atoms with Gasteiger partial charge in [0.2, 0.25) is 5.95 Å². The Morgan fingerprint density at radius 1 is 1.62 bits per heavy atom. The molecular weight excluding hydrogens is 296 g/mol. The summed E-state index contributed by atoms with van der Waals surface area (Å²) in [5, 5.41) is 9.36. The second-order valence-corrected chi connectivity index (χ2v) is 5.18. The Hall–Kier alpha value is -2.36. The van der Waals surface area contributed by atoms with Crippen LogP contribution >= 0.6 is 11.8 Å². The minimum absolute atomic E-state index is 0.0318. The predicted molar refractivity (Wildman–Crippen MR) is 74.7 cm³/mol. The SMILES string of the molecule is CCOc1n[nH]c(NC(=O)c2cnc3n(c2=O)CCS3)n1. The number of hydrogen-bond donors (Lipinski definition) is 2. The van der Waals surface area contributed by atoms with E-state index in [-0.39, 0.29) is 23.1 Å². The minimum atomic E-state index is -0.584. The Bertz CT molecular complexity index is 740. The van der Waals surface area contributed by atoms with E-state index in [2.05, 4.69) is 25.5 Å². The molecule has 0 unspecified atom stereocenters. The maximum absolute atomic E-state index is 12.2. The van der Waals surface area contributed by atoms with Crippen LogP contribution in [-0.4, -0.2) is 43.0 Å². The first-order valence-electron chi connectivity index (χ1n) is 6.28. The summed E-state index contributed by atoms with van der Waals surface area (Å²) in [6, 6.07) is 0.132. The summed E-state index contributed by atoms with van der Waals surface area (Å²) >= 11 is 1.49. The smallest absolute Gasteiger partial charge is 0.337 e. The van der Waals surface area contributed by atoms with Gasteiger partial charge in [-0.15, -0.1) is 5.10 Å². The molecule has 0 atom stereocenters. The highest BCUT2D eigenvalue weighted by atomic mass is 32.2. The third-order valence-electron chi connectivity index (χ3n) is 2.77. The molecule has 2 N–H and O–H groups in total. The molecule has 2 aromatic heterocycles. The highest BCUT2D eigenvalue weighted by molar-refractivity contribution is 7.99. The molecule has 0 radical (unpaired) electrons. The Morgan fingerprint density at radius 3 is 3.29 bits per heavy atom. The van der Waals surface area contributed by atoms with Crippen LogP contribution in [0.4, 0.5) is 5.95 Å². The number of carbonyl (C=O) groups excluding carboxylic acids is 1. The largest absolute Gasteiger partial charge is 0.463 e. The number of amides is 1. The molecule has 0 saturated heterocycles. The Balaban J connectivity index is 1.81. The number of rotatable bonds is 4. The maximum Gasteiger partial charge on any atom is 0.337 e. The summed E-state index contributed by atoms with van der Waals surface area (Å²) in [5.74, 6) is 0.314. The van der Waals surface area contributed by atoms with Crippen LogP contribution in [0.25, 0.3) is 0 Å². The molecule has 0 saturated carbocycles. The van der Waals surface area contributed by atoms with Crippen LogP contribution in [0.5, 0.6) is 6.01 Å². The van der Waals surface area contributed by atoms with E-state index >= 15 is 0 Å². The first-order valence-corrected chi connectivity index (χ1v) is 7.26. The molecule has 0 fully saturated rings. The molecule has 1 aliphatic rings. The topological polar surface area (TPSA) is 115 Å². The van der Waals surface area contributed by atoms with Gasteiger partial charge in [0.15, 0.2) is 5.16 Å². The van der Waals surface area contributed by atoms with Crippen molar-refractivity contribution in [3.63, 3.8) is 0 Å². The number of aromatic amines is 1. The van der Waals surface area contributed by atoms with Gasteiger partial charge in [-0.25, -0.2) is 10.1 Å². The zero-order chi connectivity index (χ0) is 14.8. The van der Waals surface area contributed by atoms with Crippen LogP contribution in [0.15, 0.2) is 16.1 Å². The number of hydrogen-bond acceptors (Lipinski definition) is 7. The number of ether oxygens (including phenoxy) is 1. The zero-order valence-electron chi connectivity index (χ0n) is 11.1. The van der Waals surface area contributed by atoms with E-state index in [9.17, 15) is 9.59 Å². The minimum Gasteiger partial charge on any atom is -0.463 e. The van der Waals surface area contributed by atoms with Crippen LogP contribution in [0.1, 0.15) is 17.3 Å². The first kappa shape index (κ1) is 13.6. The van der Waals surface area contributed by atoms with E-state index < -0.39 is 5.91 Å². The number of nitrogens with zero attached hydrogens (tertiary/aromatic N) is 4. The van der Waals surface area contributed by atoms with Crippen molar-refractivity contribution in [1.82, 2.24) is 24.7 Å². The van der Waals surface area contributed by atoms with Crippen molar-refractivity contribution in [2.75, 3.05) is 17.7 Å². The van der Waals surface area contributed by atoms with Gasteiger partial charge in [0.25, 0.3) is 11.5 Å². The van der Waals surface area contributed by atoms with E-state index in [1.807, 2.05) is 0 Å². The molecule has 1 amide bonds. The average Bonchev–Trinajstić information content (AvgIpc) is 3.09. The molecule has 110 valence electrons. The molecule has 10 heteroatoms. The third kappa shape index (κ3) is 2.61. The fourth-order valence-corrected chi connectivity index (χ4v) is 2.76. The fraction of sp³-hybridized carbons (Fsp3) is 0.364. The molecule has 0 bridgehead atoms. The summed E-state index contributed by atoms with van der Waals surface area (Å²) in [5.41, 5.74) is -0.386. The number of thioether (sulfide) groups is 1. The average molecular weight is 308 g/mol. The van der Waals surface area contributed by atoms with Crippen molar-refractivity contribution >= 4 is 23.6 Å². The number of nitrogens with one attached hydrogen (secondary N) is 2. The number of carbonyl (C=O) groups is 1. The van der Waals surface area contributed by atoms with Crippen LogP contribution in [0, 0.1) is 0 Å². The van der Waals surface area contributed by atoms with Gasteiger partial charge in [-0.2, -0.15) is 4.98 Å². The Labute approximate surface area is 123 Å². The summed E-state index contributed by atoms with van der Waals surface area (Å²) in [6.07, 6.45) is 1.28. The molecule has 2 aromatic rings. The van der Waals surface area contributed by atoms with Crippen molar-refractivity contribution in [2.24, 2.45) is 0 Å². The zero-order valence-corrected chi connectivity index (χ0v) is 11.9. The first-order chi connectivity index (χ1) is 10.2. The summed E-state index contributed by atoms with van der Waals surface area (Å²) in [4.78, 5) is 32.3. The monoisotopic (exact) mass is 308 g/mol. The van der Waals surface area contributed by atoms with Crippen LogP contribution in [-0.2, 0) is 6.54 Å². The van der Waals surface area contributed by atoms with Gasteiger partial charge in [0.05, 0.1) is 6.61 Å². The van der Waals surface area contributed by atoms with E-state index in [1.165, 1.54) is 22.5 Å². The van der Waals surface area contributed by atoms with Crippen molar-refractivity contribution in [3.05, 3.63) is 22.1 Å². The molecule has 0 aromatic carbocycles.